The SMILES string of the molecule is O=Cc1ccccc1OCC(=O)NC(=O)NC1CCCCC1. The molecule has 2 rings (SSSR count). The molecule has 0 heterocycles. The Balaban J connectivity index is 1.75. The number of hydrogen-bond acceptors (Lipinski definition) is 4. The Morgan fingerprint density at radius 2 is 1.91 bits per heavy atom. The highest BCUT2D eigenvalue weighted by Crippen LogP contribution is 2.17. The van der Waals surface area contributed by atoms with Crippen LogP contribution in [0.5, 0.6) is 5.75 Å². The minimum atomic E-state index is -0.547. The first-order valence-corrected chi connectivity index (χ1v) is 7.46. The fourth-order valence-corrected chi connectivity index (χ4v) is 2.48. The second kappa shape index (κ2) is 8.17. The van der Waals surface area contributed by atoms with Gasteiger partial charge >= 0.3 is 6.03 Å². The van der Waals surface area contributed by atoms with Crippen LogP contribution in [0.15, 0.2) is 24.3 Å². The third-order valence-electron chi connectivity index (χ3n) is 3.60. The number of para-hydroxylation sites is 1. The maximum atomic E-state index is 11.7. The van der Waals surface area contributed by atoms with Crippen molar-refractivity contribution in [3.63, 3.8) is 0 Å². The van der Waals surface area contributed by atoms with Gasteiger partial charge in [-0.05, 0) is 25.0 Å². The van der Waals surface area contributed by atoms with Gasteiger partial charge in [0.25, 0.3) is 5.91 Å². The fourth-order valence-electron chi connectivity index (χ4n) is 2.48. The molecule has 1 aromatic rings. The second-order valence-electron chi connectivity index (χ2n) is 5.30. The average Bonchev–Trinajstić information content (AvgIpc) is 2.54. The Hall–Kier alpha value is -2.37. The Bertz CT molecular complexity index is 539. The molecule has 22 heavy (non-hydrogen) atoms. The highest BCUT2D eigenvalue weighted by atomic mass is 16.5. The first kappa shape index (κ1) is 16.0. The molecule has 2 N–H and O–H groups in total. The highest BCUT2D eigenvalue weighted by Gasteiger charge is 2.17. The van der Waals surface area contributed by atoms with E-state index in [4.69, 9.17) is 4.74 Å². The molecule has 1 aromatic carbocycles. The molecular weight excluding hydrogens is 284 g/mol. The van der Waals surface area contributed by atoms with Crippen molar-refractivity contribution in [3.05, 3.63) is 29.8 Å². The predicted molar refractivity (Wildman–Crippen MR) is 80.9 cm³/mol. The first-order valence-electron chi connectivity index (χ1n) is 7.46. The first-order chi connectivity index (χ1) is 10.7. The Labute approximate surface area is 129 Å². The van der Waals surface area contributed by atoms with Gasteiger partial charge in [-0.3, -0.25) is 14.9 Å². The summed E-state index contributed by atoms with van der Waals surface area (Å²) in [6, 6.07) is 6.24. The summed E-state index contributed by atoms with van der Waals surface area (Å²) in [6.45, 7) is -0.317. The summed E-state index contributed by atoms with van der Waals surface area (Å²) in [4.78, 5) is 34.2. The van der Waals surface area contributed by atoms with Gasteiger partial charge in [0.05, 0.1) is 5.56 Å². The zero-order valence-corrected chi connectivity index (χ0v) is 12.3. The molecule has 6 heteroatoms. The number of benzene rings is 1. The molecule has 0 aliphatic heterocycles. The van der Waals surface area contributed by atoms with Crippen LogP contribution in [0, 0.1) is 0 Å². The Morgan fingerprint density at radius 3 is 2.64 bits per heavy atom. The third-order valence-corrected chi connectivity index (χ3v) is 3.60. The zero-order valence-electron chi connectivity index (χ0n) is 12.3. The number of carbonyl (C=O) groups is 3. The van der Waals surface area contributed by atoms with Crippen LogP contribution >= 0.6 is 0 Å². The number of aldehydes is 1. The molecule has 1 aliphatic carbocycles. The van der Waals surface area contributed by atoms with E-state index < -0.39 is 11.9 Å². The number of amides is 3. The average molecular weight is 304 g/mol. The van der Waals surface area contributed by atoms with Gasteiger partial charge in [0.1, 0.15) is 5.75 Å². The van der Waals surface area contributed by atoms with Crippen LogP contribution in [0.4, 0.5) is 4.79 Å². The van der Waals surface area contributed by atoms with Crippen molar-refractivity contribution in [2.45, 2.75) is 38.1 Å². The van der Waals surface area contributed by atoms with Gasteiger partial charge in [0.2, 0.25) is 0 Å². The standard InChI is InChI=1S/C16H20N2O4/c19-10-12-6-4-5-9-14(12)22-11-15(20)18-16(21)17-13-7-2-1-3-8-13/h4-6,9-10,13H,1-3,7-8,11H2,(H2,17,18,20,21). The second-order valence-corrected chi connectivity index (χ2v) is 5.30. The van der Waals surface area contributed by atoms with Crippen molar-refractivity contribution >= 4 is 18.2 Å². The lowest BCUT2D eigenvalue weighted by Gasteiger charge is -2.22. The van der Waals surface area contributed by atoms with Crippen molar-refractivity contribution in [2.24, 2.45) is 0 Å². The van der Waals surface area contributed by atoms with Gasteiger partial charge in [-0.1, -0.05) is 31.4 Å². The van der Waals surface area contributed by atoms with Crippen molar-refractivity contribution < 1.29 is 19.1 Å². The van der Waals surface area contributed by atoms with E-state index in [9.17, 15) is 14.4 Å². The summed E-state index contributed by atoms with van der Waals surface area (Å²) in [6.07, 6.45) is 5.95. The van der Waals surface area contributed by atoms with Crippen LogP contribution in [-0.2, 0) is 4.79 Å². The highest BCUT2D eigenvalue weighted by molar-refractivity contribution is 5.95. The van der Waals surface area contributed by atoms with Gasteiger partial charge in [-0.15, -0.1) is 0 Å². The molecule has 0 spiro atoms. The number of urea groups is 1. The normalized spacial score (nSPS) is 14.9. The Kier molecular flexibility index (Phi) is 5.94. The summed E-state index contributed by atoms with van der Waals surface area (Å²) in [5.74, 6) is -0.227. The molecule has 1 saturated carbocycles. The molecule has 6 nitrogen and oxygen atoms in total. The summed E-state index contributed by atoms with van der Waals surface area (Å²) < 4.78 is 5.26. The molecule has 1 fully saturated rings. The number of ether oxygens (including phenoxy) is 1. The number of carbonyl (C=O) groups excluding carboxylic acids is 3. The summed E-state index contributed by atoms with van der Waals surface area (Å²) in [5, 5.41) is 5.02. The monoisotopic (exact) mass is 304 g/mol. The molecule has 0 unspecified atom stereocenters. The maximum absolute atomic E-state index is 11.7. The van der Waals surface area contributed by atoms with Crippen LogP contribution in [-0.4, -0.2) is 30.9 Å². The van der Waals surface area contributed by atoms with Crippen molar-refractivity contribution in [1.82, 2.24) is 10.6 Å². The third kappa shape index (κ3) is 4.87. The minimum absolute atomic E-state index is 0.137. The molecule has 0 atom stereocenters. The lowest BCUT2D eigenvalue weighted by Crippen LogP contribution is -2.46. The van der Waals surface area contributed by atoms with Crippen molar-refractivity contribution in [2.75, 3.05) is 6.61 Å². The van der Waals surface area contributed by atoms with Crippen molar-refractivity contribution in [1.29, 1.82) is 0 Å². The fraction of sp³-hybridized carbons (Fsp3) is 0.438. The van der Waals surface area contributed by atoms with Gasteiger partial charge in [-0.25, -0.2) is 4.79 Å². The quantitative estimate of drug-likeness (QED) is 0.815. The van der Waals surface area contributed by atoms with E-state index in [0.29, 0.717) is 17.6 Å². The van der Waals surface area contributed by atoms with Crippen LogP contribution < -0.4 is 15.4 Å². The molecule has 1 aliphatic rings. The van der Waals surface area contributed by atoms with Gasteiger partial charge in [-0.2, -0.15) is 0 Å². The molecule has 0 saturated heterocycles. The zero-order chi connectivity index (χ0) is 15.8. The van der Waals surface area contributed by atoms with E-state index in [1.165, 1.54) is 6.42 Å². The predicted octanol–water partition coefficient (Wildman–Crippen LogP) is 2.04. The smallest absolute Gasteiger partial charge is 0.321 e. The number of imide groups is 1. The largest absolute Gasteiger partial charge is 0.483 e. The lowest BCUT2D eigenvalue weighted by molar-refractivity contribution is -0.122. The van der Waals surface area contributed by atoms with Gasteiger partial charge < -0.3 is 10.1 Å². The number of rotatable bonds is 5. The maximum Gasteiger partial charge on any atom is 0.321 e. The molecule has 0 radical (unpaired) electrons. The summed E-state index contributed by atoms with van der Waals surface area (Å²) >= 11 is 0. The number of hydrogen-bond donors (Lipinski definition) is 2. The van der Waals surface area contributed by atoms with E-state index in [2.05, 4.69) is 10.6 Å². The van der Waals surface area contributed by atoms with Crippen LogP contribution in [0.25, 0.3) is 0 Å². The van der Waals surface area contributed by atoms with Gasteiger partial charge in [0, 0.05) is 6.04 Å². The van der Waals surface area contributed by atoms with E-state index in [1.54, 1.807) is 24.3 Å². The van der Waals surface area contributed by atoms with Crippen LogP contribution in [0.1, 0.15) is 42.5 Å². The van der Waals surface area contributed by atoms with E-state index in [1.807, 2.05) is 0 Å². The van der Waals surface area contributed by atoms with E-state index in [-0.39, 0.29) is 12.6 Å². The lowest BCUT2D eigenvalue weighted by atomic mass is 9.96. The van der Waals surface area contributed by atoms with E-state index >= 15 is 0 Å². The Morgan fingerprint density at radius 1 is 1.18 bits per heavy atom. The van der Waals surface area contributed by atoms with Gasteiger partial charge in [0.15, 0.2) is 12.9 Å². The molecular formula is C16H20N2O4. The summed E-state index contributed by atoms with van der Waals surface area (Å²) in [5.41, 5.74) is 0.363. The van der Waals surface area contributed by atoms with E-state index in [0.717, 1.165) is 25.7 Å². The molecule has 0 aromatic heterocycles. The number of nitrogens with one attached hydrogen (secondary N) is 2. The summed E-state index contributed by atoms with van der Waals surface area (Å²) in [7, 11) is 0. The topological polar surface area (TPSA) is 84.5 Å². The van der Waals surface area contributed by atoms with Crippen LogP contribution in [0.2, 0.25) is 0 Å². The van der Waals surface area contributed by atoms with Crippen molar-refractivity contribution in [3.8, 4) is 5.75 Å². The molecule has 0 bridgehead atoms. The van der Waals surface area contributed by atoms with Crippen LogP contribution in [0.3, 0.4) is 0 Å². The molecule has 3 amide bonds. The molecule has 118 valence electrons. The minimum Gasteiger partial charge on any atom is -0.483 e.